The quantitative estimate of drug-likeness (QED) is 0.430. The van der Waals surface area contributed by atoms with Crippen LogP contribution in [0, 0.1) is 5.82 Å². The zero-order valence-corrected chi connectivity index (χ0v) is 24.1. The van der Waals surface area contributed by atoms with Gasteiger partial charge in [0.2, 0.25) is 0 Å². The van der Waals surface area contributed by atoms with E-state index in [4.69, 9.17) is 9.47 Å². The SMILES string of the molecule is CC[C@]1(CF)C(N(C(=O)OC(C)(C)C)C(=O)OC(C)(C)C)=N[C@](C)(c2cc(Br)ccc2F)CS1(=O)=O. The number of carbonyl (C=O) groups is 2. The molecule has 1 aromatic carbocycles. The molecule has 2 rings (SSSR count). The van der Waals surface area contributed by atoms with Crippen LogP contribution in [0.15, 0.2) is 27.7 Å². The molecule has 0 saturated heterocycles. The Balaban J connectivity index is 2.95. The van der Waals surface area contributed by atoms with Gasteiger partial charge in [0.15, 0.2) is 14.6 Å². The fraction of sp³-hybridized carbons (Fsp3) is 0.625. The van der Waals surface area contributed by atoms with Gasteiger partial charge in [-0.25, -0.2) is 26.8 Å². The van der Waals surface area contributed by atoms with Crippen LogP contribution < -0.4 is 0 Å². The van der Waals surface area contributed by atoms with E-state index in [1.807, 2.05) is 0 Å². The Morgan fingerprint density at radius 1 is 1.11 bits per heavy atom. The highest BCUT2D eigenvalue weighted by Gasteiger charge is 2.59. The first-order valence-corrected chi connectivity index (χ1v) is 13.8. The first-order valence-electron chi connectivity index (χ1n) is 11.3. The maximum Gasteiger partial charge on any atom is 0.425 e. The molecule has 2 amide bonds. The molecule has 0 bridgehead atoms. The second-order valence-corrected chi connectivity index (χ2v) is 14.1. The number of imide groups is 1. The molecular formula is C24H33BrF2N2O6S. The van der Waals surface area contributed by atoms with Crippen molar-refractivity contribution in [1.29, 1.82) is 0 Å². The number of rotatable bonds is 3. The molecule has 1 aromatic rings. The van der Waals surface area contributed by atoms with Crippen molar-refractivity contribution >= 4 is 43.8 Å². The number of amides is 2. The fourth-order valence-electron chi connectivity index (χ4n) is 3.80. The Bertz CT molecular complexity index is 1140. The van der Waals surface area contributed by atoms with E-state index in [2.05, 4.69) is 20.9 Å². The summed E-state index contributed by atoms with van der Waals surface area (Å²) in [7, 11) is -4.46. The molecule has 0 fully saturated rings. The van der Waals surface area contributed by atoms with Gasteiger partial charge in [0.05, 0.1) is 5.75 Å². The molecule has 0 radical (unpaired) electrons. The van der Waals surface area contributed by atoms with Gasteiger partial charge in [-0.15, -0.1) is 0 Å². The maximum absolute atomic E-state index is 14.9. The summed E-state index contributed by atoms with van der Waals surface area (Å²) in [4.78, 5) is 31.4. The number of hydrogen-bond acceptors (Lipinski definition) is 7. The molecule has 0 unspecified atom stereocenters. The molecule has 0 N–H and O–H groups in total. The van der Waals surface area contributed by atoms with Gasteiger partial charge < -0.3 is 9.47 Å². The van der Waals surface area contributed by atoms with Crippen molar-refractivity contribution in [2.45, 2.75) is 83.3 Å². The van der Waals surface area contributed by atoms with Crippen LogP contribution >= 0.6 is 15.9 Å². The molecule has 36 heavy (non-hydrogen) atoms. The third-order valence-electron chi connectivity index (χ3n) is 5.49. The van der Waals surface area contributed by atoms with Crippen molar-refractivity contribution < 1.29 is 36.3 Å². The molecule has 2 atom stereocenters. The topological polar surface area (TPSA) is 102 Å². The van der Waals surface area contributed by atoms with Gasteiger partial charge in [-0.1, -0.05) is 22.9 Å². The standard InChI is InChI=1S/C24H33BrF2N2O6S/c1-9-24(13-26)18(29(19(30)34-21(2,3)4)20(31)35-22(5,6)7)28-23(8,14-36(24,32)33)16-12-15(25)10-11-17(16)27/h10-12H,9,13-14H2,1-8H3/t23-,24-/m0/s1. The number of amidine groups is 1. The van der Waals surface area contributed by atoms with Crippen LogP contribution in [0.25, 0.3) is 0 Å². The molecule has 0 saturated carbocycles. The maximum atomic E-state index is 14.9. The molecule has 8 nitrogen and oxygen atoms in total. The summed E-state index contributed by atoms with van der Waals surface area (Å²) in [6.07, 6.45) is -2.95. The first-order chi connectivity index (χ1) is 16.2. The second kappa shape index (κ2) is 10.00. The van der Waals surface area contributed by atoms with E-state index in [-0.39, 0.29) is 12.0 Å². The largest absolute Gasteiger partial charge is 0.443 e. The number of sulfone groups is 1. The Hall–Kier alpha value is -2.08. The minimum absolute atomic E-state index is 0.116. The van der Waals surface area contributed by atoms with Gasteiger partial charge >= 0.3 is 12.2 Å². The van der Waals surface area contributed by atoms with Crippen molar-refractivity contribution in [3.8, 4) is 0 Å². The highest BCUT2D eigenvalue weighted by atomic mass is 79.9. The average Bonchev–Trinajstić information content (AvgIpc) is 2.67. The zero-order chi connectivity index (χ0) is 27.9. The van der Waals surface area contributed by atoms with E-state index >= 15 is 0 Å². The van der Waals surface area contributed by atoms with E-state index < -0.39 is 67.6 Å². The number of aliphatic imine (C=N–C) groups is 1. The summed E-state index contributed by atoms with van der Waals surface area (Å²) in [5, 5.41) is 0. The van der Waals surface area contributed by atoms with Crippen molar-refractivity contribution in [3.63, 3.8) is 0 Å². The molecule has 1 aliphatic heterocycles. The Kier molecular flexibility index (Phi) is 8.37. The molecule has 0 aliphatic carbocycles. The molecule has 1 heterocycles. The lowest BCUT2D eigenvalue weighted by Gasteiger charge is -2.43. The van der Waals surface area contributed by atoms with Crippen LogP contribution in [-0.4, -0.2) is 59.7 Å². The number of hydrogen-bond donors (Lipinski definition) is 0. The third kappa shape index (κ3) is 6.07. The van der Waals surface area contributed by atoms with Gasteiger partial charge in [-0.2, -0.15) is 4.90 Å². The Morgan fingerprint density at radius 2 is 1.61 bits per heavy atom. The predicted molar refractivity (Wildman–Crippen MR) is 136 cm³/mol. The van der Waals surface area contributed by atoms with E-state index in [1.165, 1.54) is 26.0 Å². The monoisotopic (exact) mass is 594 g/mol. The lowest BCUT2D eigenvalue weighted by atomic mass is 9.92. The number of carbonyl (C=O) groups excluding carboxylic acids is 2. The molecular weight excluding hydrogens is 562 g/mol. The van der Waals surface area contributed by atoms with Gasteiger partial charge in [-0.3, -0.25) is 4.99 Å². The third-order valence-corrected chi connectivity index (χ3v) is 8.69. The molecule has 12 heteroatoms. The normalized spacial score (nSPS) is 24.0. The average molecular weight is 596 g/mol. The van der Waals surface area contributed by atoms with Gasteiger partial charge in [-0.05, 0) is 73.1 Å². The lowest BCUT2D eigenvalue weighted by Crippen LogP contribution is -2.64. The first kappa shape index (κ1) is 30.1. The molecule has 1 aliphatic rings. The summed E-state index contributed by atoms with van der Waals surface area (Å²) in [6.45, 7) is 10.5. The number of halogens is 3. The van der Waals surface area contributed by atoms with E-state index in [0.29, 0.717) is 9.37 Å². The smallest absolute Gasteiger partial charge is 0.425 e. The highest BCUT2D eigenvalue weighted by molar-refractivity contribution is 9.10. The number of ether oxygens (including phenoxy) is 2. The fourth-order valence-corrected chi connectivity index (χ4v) is 6.41. The van der Waals surface area contributed by atoms with Crippen molar-refractivity contribution in [2.24, 2.45) is 4.99 Å². The minimum atomic E-state index is -4.46. The van der Waals surface area contributed by atoms with Crippen LogP contribution in [0.4, 0.5) is 18.4 Å². The number of alkyl halides is 1. The zero-order valence-electron chi connectivity index (χ0n) is 21.7. The summed E-state index contributed by atoms with van der Waals surface area (Å²) in [5.74, 6) is -2.24. The molecule has 0 spiro atoms. The molecule has 202 valence electrons. The van der Waals surface area contributed by atoms with Gasteiger partial charge in [0.25, 0.3) is 0 Å². The summed E-state index contributed by atoms with van der Waals surface area (Å²) < 4.78 is 65.9. The van der Waals surface area contributed by atoms with Crippen LogP contribution in [0.1, 0.15) is 67.4 Å². The number of benzene rings is 1. The Labute approximate surface area is 219 Å². The van der Waals surface area contributed by atoms with Crippen molar-refractivity contribution in [1.82, 2.24) is 4.90 Å². The van der Waals surface area contributed by atoms with Crippen LogP contribution in [0.3, 0.4) is 0 Å². The van der Waals surface area contributed by atoms with E-state index in [1.54, 1.807) is 41.5 Å². The minimum Gasteiger partial charge on any atom is -0.443 e. The number of nitrogens with zero attached hydrogens (tertiary/aromatic N) is 2. The summed E-state index contributed by atoms with van der Waals surface area (Å²) >= 11 is 3.24. The summed E-state index contributed by atoms with van der Waals surface area (Å²) in [5.41, 5.74) is -4.13. The van der Waals surface area contributed by atoms with Crippen LogP contribution in [0.2, 0.25) is 0 Å². The van der Waals surface area contributed by atoms with Gasteiger partial charge in [0.1, 0.15) is 35.1 Å². The summed E-state index contributed by atoms with van der Waals surface area (Å²) in [6, 6.07) is 3.91. The van der Waals surface area contributed by atoms with Crippen molar-refractivity contribution in [3.05, 3.63) is 34.1 Å². The Morgan fingerprint density at radius 3 is 2.03 bits per heavy atom. The van der Waals surface area contributed by atoms with Crippen molar-refractivity contribution in [2.75, 3.05) is 12.4 Å². The highest BCUT2D eigenvalue weighted by Crippen LogP contribution is 2.42. The van der Waals surface area contributed by atoms with E-state index in [9.17, 15) is 26.8 Å². The van der Waals surface area contributed by atoms with Gasteiger partial charge in [0, 0.05) is 10.0 Å². The molecule has 0 aromatic heterocycles. The van der Waals surface area contributed by atoms with Crippen LogP contribution in [-0.2, 0) is 24.8 Å². The predicted octanol–water partition coefficient (Wildman–Crippen LogP) is 5.92. The van der Waals surface area contributed by atoms with Crippen LogP contribution in [0.5, 0.6) is 0 Å². The second-order valence-electron chi connectivity index (χ2n) is 10.9. The lowest BCUT2D eigenvalue weighted by molar-refractivity contribution is 0.0137. The van der Waals surface area contributed by atoms with E-state index in [0.717, 1.165) is 6.07 Å².